The summed E-state index contributed by atoms with van der Waals surface area (Å²) >= 11 is 0. The summed E-state index contributed by atoms with van der Waals surface area (Å²) in [6.45, 7) is 4.49. The molecule has 26 heavy (non-hydrogen) atoms. The number of rotatable bonds is 8. The van der Waals surface area contributed by atoms with E-state index in [1.807, 2.05) is 12.1 Å². The molecule has 1 heterocycles. The summed E-state index contributed by atoms with van der Waals surface area (Å²) in [5, 5.41) is 16.3. The summed E-state index contributed by atoms with van der Waals surface area (Å²) in [5.74, 6) is 1.42. The zero-order chi connectivity index (χ0) is 18.0. The minimum absolute atomic E-state index is 0. The molecule has 1 aliphatic carbocycles. The van der Waals surface area contributed by atoms with Crippen molar-refractivity contribution in [1.82, 2.24) is 15.6 Å². The third kappa shape index (κ3) is 6.90. The normalized spacial score (nSPS) is 16.5. The number of ether oxygens (including phenoxy) is 1. The maximum absolute atomic E-state index is 9.47. The Balaban J connectivity index is 0.00000338. The first-order valence-corrected chi connectivity index (χ1v) is 9.34. The number of hydrogen-bond donors (Lipinski definition) is 3. The molecular formula is C19H33IN4O2. The minimum Gasteiger partial charge on any atom is -0.481 e. The van der Waals surface area contributed by atoms with Crippen molar-refractivity contribution in [3.05, 3.63) is 23.9 Å². The largest absolute Gasteiger partial charge is 0.481 e. The van der Waals surface area contributed by atoms with Gasteiger partial charge >= 0.3 is 0 Å². The smallest absolute Gasteiger partial charge is 0.218 e. The molecule has 0 atom stereocenters. The van der Waals surface area contributed by atoms with Gasteiger partial charge in [0.2, 0.25) is 5.88 Å². The Morgan fingerprint density at radius 2 is 2.08 bits per heavy atom. The van der Waals surface area contributed by atoms with Crippen molar-refractivity contribution in [3.8, 4) is 5.88 Å². The number of nitrogens with zero attached hydrogens (tertiary/aromatic N) is 2. The van der Waals surface area contributed by atoms with E-state index in [0.29, 0.717) is 12.4 Å². The Morgan fingerprint density at radius 1 is 1.31 bits per heavy atom. The van der Waals surface area contributed by atoms with Gasteiger partial charge in [-0.25, -0.2) is 9.98 Å². The van der Waals surface area contributed by atoms with E-state index in [9.17, 15) is 5.11 Å². The molecule has 3 N–H and O–H groups in total. The van der Waals surface area contributed by atoms with Gasteiger partial charge in [-0.05, 0) is 37.7 Å². The molecule has 0 unspecified atom stereocenters. The average Bonchev–Trinajstić information content (AvgIpc) is 2.65. The molecule has 0 radical (unpaired) electrons. The zero-order valence-electron chi connectivity index (χ0n) is 16.0. The van der Waals surface area contributed by atoms with Crippen molar-refractivity contribution in [2.45, 2.75) is 52.0 Å². The lowest BCUT2D eigenvalue weighted by molar-refractivity contribution is 0.131. The van der Waals surface area contributed by atoms with E-state index in [0.717, 1.165) is 31.0 Å². The molecule has 0 aromatic carbocycles. The summed E-state index contributed by atoms with van der Waals surface area (Å²) in [7, 11) is 1.63. The number of aliphatic hydroxyl groups is 1. The number of methoxy groups -OCH3 is 1. The highest BCUT2D eigenvalue weighted by Crippen LogP contribution is 2.38. The van der Waals surface area contributed by atoms with E-state index in [2.05, 4.69) is 27.5 Å². The average molecular weight is 476 g/mol. The van der Waals surface area contributed by atoms with E-state index in [1.54, 1.807) is 13.3 Å². The molecule has 6 nitrogen and oxygen atoms in total. The molecule has 1 aromatic heterocycles. The number of pyridine rings is 1. The van der Waals surface area contributed by atoms with Crippen molar-refractivity contribution in [2.24, 2.45) is 10.4 Å². The minimum atomic E-state index is 0. The van der Waals surface area contributed by atoms with Gasteiger partial charge in [0.25, 0.3) is 0 Å². The monoisotopic (exact) mass is 476 g/mol. The van der Waals surface area contributed by atoms with Crippen LogP contribution in [0.25, 0.3) is 0 Å². The lowest BCUT2D eigenvalue weighted by atomic mass is 9.72. The van der Waals surface area contributed by atoms with Gasteiger partial charge in [0.05, 0.1) is 13.7 Å². The summed E-state index contributed by atoms with van der Waals surface area (Å²) in [5.41, 5.74) is 1.15. The molecule has 0 spiro atoms. The Kier molecular flexibility index (Phi) is 10.9. The SMILES string of the molecule is CCNC(=NCc1cccnc1OC)NCC1(CCO)CCCCC1.I. The molecule has 0 bridgehead atoms. The van der Waals surface area contributed by atoms with Gasteiger partial charge in [-0.15, -0.1) is 24.0 Å². The fourth-order valence-corrected chi connectivity index (χ4v) is 3.56. The topological polar surface area (TPSA) is 78.8 Å². The Hall–Kier alpha value is -1.09. The summed E-state index contributed by atoms with van der Waals surface area (Å²) in [6.07, 6.45) is 8.74. The van der Waals surface area contributed by atoms with Crippen molar-refractivity contribution in [3.63, 3.8) is 0 Å². The van der Waals surface area contributed by atoms with Gasteiger partial charge in [0.15, 0.2) is 5.96 Å². The summed E-state index contributed by atoms with van der Waals surface area (Å²) in [6, 6.07) is 3.87. The second-order valence-electron chi connectivity index (χ2n) is 6.75. The lowest BCUT2D eigenvalue weighted by Crippen LogP contribution is -2.44. The van der Waals surface area contributed by atoms with Crippen LogP contribution in [0.4, 0.5) is 0 Å². The Morgan fingerprint density at radius 3 is 2.73 bits per heavy atom. The Labute approximate surface area is 174 Å². The summed E-state index contributed by atoms with van der Waals surface area (Å²) in [4.78, 5) is 8.90. The molecule has 2 rings (SSSR count). The highest BCUT2D eigenvalue weighted by atomic mass is 127. The maximum Gasteiger partial charge on any atom is 0.218 e. The van der Waals surface area contributed by atoms with Gasteiger partial charge in [-0.2, -0.15) is 0 Å². The number of aliphatic imine (C=N–C) groups is 1. The van der Waals surface area contributed by atoms with Crippen LogP contribution >= 0.6 is 24.0 Å². The number of hydrogen-bond acceptors (Lipinski definition) is 4. The number of halogens is 1. The molecule has 1 aliphatic rings. The number of aliphatic hydroxyl groups excluding tert-OH is 1. The van der Waals surface area contributed by atoms with Gasteiger partial charge in [-0.1, -0.05) is 25.3 Å². The van der Waals surface area contributed by atoms with Gasteiger partial charge in [0.1, 0.15) is 0 Å². The molecule has 1 fully saturated rings. The summed E-state index contributed by atoms with van der Waals surface area (Å²) < 4.78 is 5.29. The van der Waals surface area contributed by atoms with Crippen molar-refractivity contribution < 1.29 is 9.84 Å². The van der Waals surface area contributed by atoms with Crippen molar-refractivity contribution >= 4 is 29.9 Å². The molecule has 0 amide bonds. The van der Waals surface area contributed by atoms with Crippen LogP contribution in [0.5, 0.6) is 5.88 Å². The van der Waals surface area contributed by atoms with E-state index >= 15 is 0 Å². The van der Waals surface area contributed by atoms with Crippen LogP contribution in [-0.2, 0) is 6.54 Å². The van der Waals surface area contributed by atoms with E-state index in [4.69, 9.17) is 4.74 Å². The van der Waals surface area contributed by atoms with Crippen molar-refractivity contribution in [2.75, 3.05) is 26.8 Å². The van der Waals surface area contributed by atoms with Crippen LogP contribution in [0.1, 0.15) is 51.0 Å². The van der Waals surface area contributed by atoms with Gasteiger partial charge < -0.3 is 20.5 Å². The highest BCUT2D eigenvalue weighted by Gasteiger charge is 2.31. The standard InChI is InChI=1S/C19H32N4O2.HI/c1-3-20-18(22-14-16-8-7-12-21-17(16)25-2)23-15-19(11-13-24)9-5-4-6-10-19;/h7-8,12,24H,3-6,9-11,13-15H2,1-2H3,(H2,20,22,23);1H. The van der Waals surface area contributed by atoms with E-state index < -0.39 is 0 Å². The maximum atomic E-state index is 9.47. The molecule has 1 aromatic rings. The van der Waals surface area contributed by atoms with Crippen LogP contribution in [0.15, 0.2) is 23.3 Å². The van der Waals surface area contributed by atoms with Crippen LogP contribution < -0.4 is 15.4 Å². The first-order valence-electron chi connectivity index (χ1n) is 9.34. The number of guanidine groups is 1. The predicted octanol–water partition coefficient (Wildman–Crippen LogP) is 3.10. The zero-order valence-corrected chi connectivity index (χ0v) is 18.3. The molecule has 0 aliphatic heterocycles. The molecule has 1 saturated carbocycles. The first kappa shape index (κ1) is 23.0. The Bertz CT molecular complexity index is 543. The van der Waals surface area contributed by atoms with E-state index in [-0.39, 0.29) is 36.0 Å². The van der Waals surface area contributed by atoms with Crippen LogP contribution in [0.2, 0.25) is 0 Å². The molecule has 148 valence electrons. The third-order valence-corrected chi connectivity index (χ3v) is 4.98. The molecule has 7 heteroatoms. The highest BCUT2D eigenvalue weighted by molar-refractivity contribution is 14.0. The fraction of sp³-hybridized carbons (Fsp3) is 0.684. The quantitative estimate of drug-likeness (QED) is 0.305. The fourth-order valence-electron chi connectivity index (χ4n) is 3.56. The number of nitrogens with one attached hydrogen (secondary N) is 2. The molecular weight excluding hydrogens is 443 g/mol. The third-order valence-electron chi connectivity index (χ3n) is 4.98. The van der Waals surface area contributed by atoms with Crippen LogP contribution in [0, 0.1) is 5.41 Å². The van der Waals surface area contributed by atoms with Crippen LogP contribution in [0.3, 0.4) is 0 Å². The van der Waals surface area contributed by atoms with Crippen LogP contribution in [-0.4, -0.2) is 42.9 Å². The predicted molar refractivity (Wildman–Crippen MR) is 116 cm³/mol. The second-order valence-corrected chi connectivity index (χ2v) is 6.75. The van der Waals surface area contributed by atoms with Gasteiger partial charge in [-0.3, -0.25) is 0 Å². The van der Waals surface area contributed by atoms with E-state index in [1.165, 1.54) is 32.1 Å². The first-order chi connectivity index (χ1) is 12.2. The lowest BCUT2D eigenvalue weighted by Gasteiger charge is -2.37. The van der Waals surface area contributed by atoms with Crippen molar-refractivity contribution in [1.29, 1.82) is 0 Å². The number of aromatic nitrogens is 1. The van der Waals surface area contributed by atoms with Gasteiger partial charge in [0, 0.05) is 31.5 Å². The second kappa shape index (κ2) is 12.3. The molecule has 0 saturated heterocycles.